The number of nitrogens with zero attached hydrogens (tertiary/aromatic N) is 3. The van der Waals surface area contributed by atoms with Crippen LogP contribution in [0.3, 0.4) is 0 Å². The summed E-state index contributed by atoms with van der Waals surface area (Å²) in [4.78, 5) is 17.7. The van der Waals surface area contributed by atoms with Crippen LogP contribution in [0.25, 0.3) is 0 Å². The van der Waals surface area contributed by atoms with E-state index < -0.39 is 11.9 Å². The average molecular weight is 279 g/mol. The van der Waals surface area contributed by atoms with Gasteiger partial charge in [0.1, 0.15) is 0 Å². The van der Waals surface area contributed by atoms with Gasteiger partial charge in [-0.25, -0.2) is 4.98 Å². The molecule has 6 nitrogen and oxygen atoms in total. The Morgan fingerprint density at radius 2 is 2.35 bits per heavy atom. The number of aliphatic carboxylic acids is 1. The maximum Gasteiger partial charge on any atom is 0.310 e. The molecule has 1 N–H and O–H groups in total. The molecule has 1 aliphatic carbocycles. The third-order valence-corrected chi connectivity index (χ3v) is 4.29. The first-order valence-corrected chi connectivity index (χ1v) is 7.26. The zero-order valence-electron chi connectivity index (χ0n) is 11.7. The molecule has 20 heavy (non-hydrogen) atoms. The maximum atomic E-state index is 11.3. The summed E-state index contributed by atoms with van der Waals surface area (Å²) in [6.07, 6.45) is 6.23. The minimum atomic E-state index is -0.762. The summed E-state index contributed by atoms with van der Waals surface area (Å²) < 4.78 is 7.61. The number of rotatable bonds is 6. The van der Waals surface area contributed by atoms with Crippen molar-refractivity contribution in [3.05, 3.63) is 18.2 Å². The Balaban J connectivity index is 1.73. The highest BCUT2D eigenvalue weighted by molar-refractivity contribution is 5.71. The highest BCUT2D eigenvalue weighted by atomic mass is 16.5. The van der Waals surface area contributed by atoms with Gasteiger partial charge >= 0.3 is 5.97 Å². The Bertz CT molecular complexity index is 484. The van der Waals surface area contributed by atoms with Gasteiger partial charge in [0.15, 0.2) is 0 Å². The number of ether oxygens (including phenoxy) is 1. The number of carboxylic acid groups (broad SMARTS) is 1. The van der Waals surface area contributed by atoms with E-state index in [1.807, 2.05) is 12.5 Å². The molecule has 2 heterocycles. The molecule has 0 radical (unpaired) electrons. The zero-order valence-corrected chi connectivity index (χ0v) is 11.7. The quantitative estimate of drug-likeness (QED) is 0.845. The fraction of sp³-hybridized carbons (Fsp3) is 0.714. The summed E-state index contributed by atoms with van der Waals surface area (Å²) in [5.41, 5.74) is 1.17. The van der Waals surface area contributed by atoms with Crippen LogP contribution in [0.15, 0.2) is 12.5 Å². The van der Waals surface area contributed by atoms with Crippen molar-refractivity contribution in [2.75, 3.05) is 19.8 Å². The summed E-state index contributed by atoms with van der Waals surface area (Å²) >= 11 is 0. The molecule has 1 saturated carbocycles. The Hall–Kier alpha value is -1.40. The van der Waals surface area contributed by atoms with Gasteiger partial charge in [0, 0.05) is 24.8 Å². The molecule has 1 saturated heterocycles. The van der Waals surface area contributed by atoms with Crippen molar-refractivity contribution < 1.29 is 14.6 Å². The average Bonchev–Trinajstić information content (AvgIpc) is 2.99. The highest BCUT2D eigenvalue weighted by Crippen LogP contribution is 2.36. The number of carbonyl (C=O) groups is 1. The second-order valence-electron chi connectivity index (χ2n) is 5.64. The van der Waals surface area contributed by atoms with Crippen molar-refractivity contribution >= 4 is 5.97 Å². The van der Waals surface area contributed by atoms with Gasteiger partial charge in [-0.05, 0) is 19.4 Å². The van der Waals surface area contributed by atoms with Crippen molar-refractivity contribution in [3.63, 3.8) is 0 Å². The normalized spacial score (nSPS) is 26.3. The topological polar surface area (TPSA) is 67.6 Å². The van der Waals surface area contributed by atoms with Crippen molar-refractivity contribution in [3.8, 4) is 0 Å². The standard InChI is InChI=1S/C14H21N3O3/c1-2-16(13-8-20-7-12(13)14(18)19)6-11-5-15-9-17(11)10-3-4-10/h5,9-10,12-13H,2-4,6-8H2,1H3,(H,18,19). The molecule has 0 bridgehead atoms. The molecule has 1 aromatic rings. The molecule has 2 unspecified atom stereocenters. The number of hydrogen-bond acceptors (Lipinski definition) is 4. The van der Waals surface area contributed by atoms with Gasteiger partial charge in [0.25, 0.3) is 0 Å². The molecule has 0 amide bonds. The van der Waals surface area contributed by atoms with Crippen molar-refractivity contribution in [2.45, 2.75) is 38.4 Å². The minimum absolute atomic E-state index is 0.0416. The molecule has 2 atom stereocenters. The predicted octanol–water partition coefficient (Wildman–Crippen LogP) is 1.14. The van der Waals surface area contributed by atoms with Crippen LogP contribution in [-0.4, -0.2) is 51.3 Å². The van der Waals surface area contributed by atoms with Crippen LogP contribution in [0.4, 0.5) is 0 Å². The van der Waals surface area contributed by atoms with Crippen molar-refractivity contribution in [1.29, 1.82) is 0 Å². The van der Waals surface area contributed by atoms with Crippen LogP contribution < -0.4 is 0 Å². The summed E-state index contributed by atoms with van der Waals surface area (Å²) in [5.74, 6) is -1.19. The summed E-state index contributed by atoms with van der Waals surface area (Å²) in [6, 6.07) is 0.557. The van der Waals surface area contributed by atoms with Crippen LogP contribution >= 0.6 is 0 Å². The first-order valence-electron chi connectivity index (χ1n) is 7.26. The second-order valence-corrected chi connectivity index (χ2v) is 5.64. The molecule has 110 valence electrons. The van der Waals surface area contributed by atoms with E-state index in [4.69, 9.17) is 4.74 Å². The summed E-state index contributed by atoms with van der Waals surface area (Å²) in [7, 11) is 0. The van der Waals surface area contributed by atoms with Crippen LogP contribution in [0.5, 0.6) is 0 Å². The van der Waals surface area contributed by atoms with E-state index in [0.29, 0.717) is 19.3 Å². The Kier molecular flexibility index (Phi) is 3.76. The summed E-state index contributed by atoms with van der Waals surface area (Å²) in [5, 5.41) is 9.28. The fourth-order valence-electron chi connectivity index (χ4n) is 2.95. The van der Waals surface area contributed by atoms with Crippen molar-refractivity contribution in [1.82, 2.24) is 14.5 Å². The lowest BCUT2D eigenvalue weighted by Gasteiger charge is -2.29. The lowest BCUT2D eigenvalue weighted by atomic mass is 10.0. The molecule has 0 spiro atoms. The van der Waals surface area contributed by atoms with Gasteiger partial charge in [0.2, 0.25) is 0 Å². The van der Waals surface area contributed by atoms with Crippen LogP contribution in [0.2, 0.25) is 0 Å². The van der Waals surface area contributed by atoms with Crippen LogP contribution in [0.1, 0.15) is 31.5 Å². The van der Waals surface area contributed by atoms with Crippen LogP contribution in [0, 0.1) is 5.92 Å². The Morgan fingerprint density at radius 3 is 3.00 bits per heavy atom. The number of aromatic nitrogens is 2. The van der Waals surface area contributed by atoms with E-state index in [2.05, 4.69) is 21.4 Å². The molecule has 1 aromatic heterocycles. The van der Waals surface area contributed by atoms with E-state index >= 15 is 0 Å². The van der Waals surface area contributed by atoms with Gasteiger partial charge < -0.3 is 14.4 Å². The highest BCUT2D eigenvalue weighted by Gasteiger charge is 2.38. The number of hydrogen-bond donors (Lipinski definition) is 1. The molecule has 1 aliphatic heterocycles. The molecule has 3 rings (SSSR count). The molecule has 2 fully saturated rings. The van der Waals surface area contributed by atoms with E-state index in [0.717, 1.165) is 13.1 Å². The molecular formula is C14H21N3O3. The number of imidazole rings is 1. The van der Waals surface area contributed by atoms with Crippen LogP contribution in [-0.2, 0) is 16.1 Å². The third kappa shape index (κ3) is 2.58. The Labute approximate surface area is 118 Å². The smallest absolute Gasteiger partial charge is 0.310 e. The van der Waals surface area contributed by atoms with Gasteiger partial charge in [-0.15, -0.1) is 0 Å². The lowest BCUT2D eigenvalue weighted by molar-refractivity contribution is -0.143. The number of likely N-dealkylation sites (N-methyl/N-ethyl adjacent to an activating group) is 1. The molecular weight excluding hydrogens is 258 g/mol. The second kappa shape index (κ2) is 5.54. The SMILES string of the molecule is CCN(Cc1cncn1C1CC1)C1COCC1C(=O)O. The molecule has 2 aliphatic rings. The molecule has 6 heteroatoms. The minimum Gasteiger partial charge on any atom is -0.481 e. The number of carboxylic acids is 1. The fourth-order valence-corrected chi connectivity index (χ4v) is 2.95. The van der Waals surface area contributed by atoms with Gasteiger partial charge in [-0.3, -0.25) is 9.69 Å². The summed E-state index contributed by atoms with van der Waals surface area (Å²) in [6.45, 7) is 4.44. The monoisotopic (exact) mass is 279 g/mol. The molecule has 0 aromatic carbocycles. The predicted molar refractivity (Wildman–Crippen MR) is 72.3 cm³/mol. The largest absolute Gasteiger partial charge is 0.481 e. The van der Waals surface area contributed by atoms with E-state index in [-0.39, 0.29) is 6.04 Å². The van der Waals surface area contributed by atoms with Crippen molar-refractivity contribution in [2.24, 2.45) is 5.92 Å². The zero-order chi connectivity index (χ0) is 14.1. The van der Waals surface area contributed by atoms with E-state index in [1.54, 1.807) is 0 Å². The van der Waals surface area contributed by atoms with Gasteiger partial charge in [-0.1, -0.05) is 6.92 Å². The Morgan fingerprint density at radius 1 is 1.55 bits per heavy atom. The lowest BCUT2D eigenvalue weighted by Crippen LogP contribution is -2.42. The first-order chi connectivity index (χ1) is 9.70. The maximum absolute atomic E-state index is 11.3. The van der Waals surface area contributed by atoms with E-state index in [9.17, 15) is 9.90 Å². The van der Waals surface area contributed by atoms with Gasteiger partial charge in [0.05, 0.1) is 31.2 Å². The third-order valence-electron chi connectivity index (χ3n) is 4.29. The van der Waals surface area contributed by atoms with Gasteiger partial charge in [-0.2, -0.15) is 0 Å². The van der Waals surface area contributed by atoms with E-state index in [1.165, 1.54) is 18.5 Å². The first kappa shape index (κ1) is 13.6.